The second kappa shape index (κ2) is 7.59. The lowest BCUT2D eigenvalue weighted by molar-refractivity contribution is -0.125. The number of thiol groups is 1. The van der Waals surface area contributed by atoms with Gasteiger partial charge in [-0.2, -0.15) is 0 Å². The number of nitrogens with one attached hydrogen (secondary N) is 1. The summed E-state index contributed by atoms with van der Waals surface area (Å²) >= 11 is 4.44. The SMILES string of the molecule is O=C(NCCCc1ccccc1S)C1CCCCC1. The highest BCUT2D eigenvalue weighted by Crippen LogP contribution is 2.23. The standard InChI is InChI=1S/C16H23NOS/c18-16(14-8-2-1-3-9-14)17-12-6-10-13-7-4-5-11-15(13)19/h4-5,7,11,14,19H,1-3,6,8-10,12H2,(H,17,18). The lowest BCUT2D eigenvalue weighted by Gasteiger charge is -2.20. The van der Waals surface area contributed by atoms with E-state index in [0.29, 0.717) is 0 Å². The molecule has 0 aliphatic heterocycles. The van der Waals surface area contributed by atoms with Crippen molar-refractivity contribution in [2.75, 3.05) is 6.54 Å². The molecule has 0 unspecified atom stereocenters. The normalized spacial score (nSPS) is 16.3. The Morgan fingerprint density at radius 2 is 1.95 bits per heavy atom. The van der Waals surface area contributed by atoms with Crippen molar-refractivity contribution in [1.29, 1.82) is 0 Å². The summed E-state index contributed by atoms with van der Waals surface area (Å²) < 4.78 is 0. The van der Waals surface area contributed by atoms with Crippen LogP contribution in [0, 0.1) is 5.92 Å². The first-order valence-electron chi connectivity index (χ1n) is 7.32. The Kier molecular flexibility index (Phi) is 5.77. The van der Waals surface area contributed by atoms with Gasteiger partial charge in [0.05, 0.1) is 0 Å². The Labute approximate surface area is 121 Å². The van der Waals surface area contributed by atoms with Gasteiger partial charge in [-0.1, -0.05) is 37.5 Å². The largest absolute Gasteiger partial charge is 0.356 e. The maximum atomic E-state index is 12.0. The number of carbonyl (C=O) groups excluding carboxylic acids is 1. The van der Waals surface area contributed by atoms with E-state index >= 15 is 0 Å². The van der Waals surface area contributed by atoms with Gasteiger partial charge in [0.1, 0.15) is 0 Å². The molecule has 0 heterocycles. The molecular weight excluding hydrogens is 254 g/mol. The van der Waals surface area contributed by atoms with Crippen molar-refractivity contribution in [3.8, 4) is 0 Å². The number of hydrogen-bond donors (Lipinski definition) is 2. The van der Waals surface area contributed by atoms with E-state index in [9.17, 15) is 4.79 Å². The van der Waals surface area contributed by atoms with Crippen LogP contribution in [0.1, 0.15) is 44.1 Å². The van der Waals surface area contributed by atoms with E-state index in [1.165, 1.54) is 24.8 Å². The van der Waals surface area contributed by atoms with Gasteiger partial charge in [-0.15, -0.1) is 12.6 Å². The zero-order chi connectivity index (χ0) is 13.5. The maximum Gasteiger partial charge on any atom is 0.223 e. The third kappa shape index (κ3) is 4.57. The predicted octanol–water partition coefficient (Wildman–Crippen LogP) is 3.60. The molecule has 3 heteroatoms. The van der Waals surface area contributed by atoms with E-state index in [4.69, 9.17) is 0 Å². The number of carbonyl (C=O) groups is 1. The zero-order valence-electron chi connectivity index (χ0n) is 11.4. The molecule has 2 rings (SSSR count). The van der Waals surface area contributed by atoms with Crippen LogP contribution in [0.4, 0.5) is 0 Å². The van der Waals surface area contributed by atoms with Crippen LogP contribution < -0.4 is 5.32 Å². The molecule has 0 saturated heterocycles. The van der Waals surface area contributed by atoms with E-state index in [-0.39, 0.29) is 11.8 Å². The number of aryl methyl sites for hydroxylation is 1. The molecule has 19 heavy (non-hydrogen) atoms. The van der Waals surface area contributed by atoms with E-state index in [2.05, 4.69) is 24.0 Å². The van der Waals surface area contributed by atoms with Crippen molar-refractivity contribution in [3.63, 3.8) is 0 Å². The van der Waals surface area contributed by atoms with Gasteiger partial charge in [0.2, 0.25) is 5.91 Å². The van der Waals surface area contributed by atoms with E-state index in [1.807, 2.05) is 18.2 Å². The van der Waals surface area contributed by atoms with Crippen LogP contribution in [0.2, 0.25) is 0 Å². The minimum absolute atomic E-state index is 0.263. The predicted molar refractivity (Wildman–Crippen MR) is 81.6 cm³/mol. The quantitative estimate of drug-likeness (QED) is 0.625. The molecule has 104 valence electrons. The van der Waals surface area contributed by atoms with Gasteiger partial charge in [-0.25, -0.2) is 0 Å². The van der Waals surface area contributed by atoms with Gasteiger partial charge in [-0.05, 0) is 37.3 Å². The highest BCUT2D eigenvalue weighted by atomic mass is 32.1. The first kappa shape index (κ1) is 14.4. The number of rotatable bonds is 5. The van der Waals surface area contributed by atoms with E-state index < -0.39 is 0 Å². The molecule has 1 aromatic carbocycles. The van der Waals surface area contributed by atoms with Gasteiger partial charge in [0.15, 0.2) is 0 Å². The molecule has 1 saturated carbocycles. The molecule has 1 amide bonds. The molecule has 0 atom stereocenters. The van der Waals surface area contributed by atoms with Crippen LogP contribution in [0.25, 0.3) is 0 Å². The van der Waals surface area contributed by atoms with Crippen molar-refractivity contribution >= 4 is 18.5 Å². The summed E-state index contributed by atoms with van der Waals surface area (Å²) in [6.45, 7) is 0.775. The van der Waals surface area contributed by atoms with Crippen molar-refractivity contribution in [2.45, 2.75) is 49.8 Å². The van der Waals surface area contributed by atoms with E-state index in [1.54, 1.807) is 0 Å². The summed E-state index contributed by atoms with van der Waals surface area (Å²) in [4.78, 5) is 13.0. The molecule has 0 spiro atoms. The minimum Gasteiger partial charge on any atom is -0.356 e. The Morgan fingerprint density at radius 1 is 1.21 bits per heavy atom. The lowest BCUT2D eigenvalue weighted by Crippen LogP contribution is -2.32. The van der Waals surface area contributed by atoms with E-state index in [0.717, 1.165) is 37.1 Å². The fraction of sp³-hybridized carbons (Fsp3) is 0.562. The first-order chi connectivity index (χ1) is 9.27. The molecule has 1 aliphatic carbocycles. The van der Waals surface area contributed by atoms with Gasteiger partial charge < -0.3 is 5.32 Å². The summed E-state index contributed by atoms with van der Waals surface area (Å²) in [5.74, 6) is 0.532. The molecule has 1 aromatic rings. The Bertz CT molecular complexity index is 413. The Hall–Kier alpha value is -0.960. The Morgan fingerprint density at radius 3 is 2.68 bits per heavy atom. The third-order valence-electron chi connectivity index (χ3n) is 3.89. The molecule has 1 N–H and O–H groups in total. The highest BCUT2D eigenvalue weighted by Gasteiger charge is 2.20. The lowest BCUT2D eigenvalue weighted by atomic mass is 9.88. The van der Waals surface area contributed by atoms with Crippen LogP contribution in [-0.2, 0) is 11.2 Å². The fourth-order valence-electron chi connectivity index (χ4n) is 2.72. The second-order valence-corrected chi connectivity index (χ2v) is 5.84. The highest BCUT2D eigenvalue weighted by molar-refractivity contribution is 7.80. The van der Waals surface area contributed by atoms with Gasteiger partial charge in [0, 0.05) is 17.4 Å². The summed E-state index contributed by atoms with van der Waals surface area (Å²) in [5.41, 5.74) is 1.26. The molecule has 0 aromatic heterocycles. The second-order valence-electron chi connectivity index (χ2n) is 5.36. The summed E-state index contributed by atoms with van der Waals surface area (Å²) in [6, 6.07) is 8.15. The fourth-order valence-corrected chi connectivity index (χ4v) is 2.99. The average Bonchev–Trinajstić information content (AvgIpc) is 2.46. The molecule has 0 radical (unpaired) electrons. The molecule has 1 fully saturated rings. The molecule has 1 aliphatic rings. The van der Waals surface area contributed by atoms with Crippen LogP contribution in [0.15, 0.2) is 29.2 Å². The average molecular weight is 277 g/mol. The van der Waals surface area contributed by atoms with Crippen molar-refractivity contribution in [3.05, 3.63) is 29.8 Å². The zero-order valence-corrected chi connectivity index (χ0v) is 12.3. The summed E-state index contributed by atoms with van der Waals surface area (Å²) in [6.07, 6.45) is 7.83. The molecular formula is C16H23NOS. The monoisotopic (exact) mass is 277 g/mol. The van der Waals surface area contributed by atoms with Crippen molar-refractivity contribution < 1.29 is 4.79 Å². The molecule has 0 bridgehead atoms. The third-order valence-corrected chi connectivity index (χ3v) is 4.33. The van der Waals surface area contributed by atoms with Crippen molar-refractivity contribution in [1.82, 2.24) is 5.32 Å². The number of amides is 1. The number of hydrogen-bond acceptors (Lipinski definition) is 2. The Balaban J connectivity index is 1.66. The van der Waals surface area contributed by atoms with Crippen LogP contribution in [0.5, 0.6) is 0 Å². The topological polar surface area (TPSA) is 29.1 Å². The van der Waals surface area contributed by atoms with Crippen LogP contribution in [0.3, 0.4) is 0 Å². The van der Waals surface area contributed by atoms with Gasteiger partial charge >= 0.3 is 0 Å². The smallest absolute Gasteiger partial charge is 0.223 e. The van der Waals surface area contributed by atoms with Crippen LogP contribution >= 0.6 is 12.6 Å². The molecule has 2 nitrogen and oxygen atoms in total. The van der Waals surface area contributed by atoms with Crippen molar-refractivity contribution in [2.24, 2.45) is 5.92 Å². The minimum atomic E-state index is 0.263. The van der Waals surface area contributed by atoms with Gasteiger partial charge in [0.25, 0.3) is 0 Å². The summed E-state index contributed by atoms with van der Waals surface area (Å²) in [7, 11) is 0. The number of benzene rings is 1. The first-order valence-corrected chi connectivity index (χ1v) is 7.76. The van der Waals surface area contributed by atoms with Gasteiger partial charge in [-0.3, -0.25) is 4.79 Å². The summed E-state index contributed by atoms with van der Waals surface area (Å²) in [5, 5.41) is 3.08. The maximum absolute atomic E-state index is 12.0. The van der Waals surface area contributed by atoms with Crippen LogP contribution in [-0.4, -0.2) is 12.5 Å².